The quantitative estimate of drug-likeness (QED) is 0.698. The second-order valence-corrected chi connectivity index (χ2v) is 3.91. The number of rotatable bonds is 3. The molecule has 1 aliphatic carbocycles. The van der Waals surface area contributed by atoms with Gasteiger partial charge in [-0.25, -0.2) is 0 Å². The van der Waals surface area contributed by atoms with Crippen LogP contribution in [-0.4, -0.2) is 5.78 Å². The van der Waals surface area contributed by atoms with Crippen molar-refractivity contribution in [3.05, 3.63) is 65.3 Å². The molecule has 0 bridgehead atoms. The average molecular weight is 210 g/mol. The molecule has 0 unspecified atom stereocenters. The van der Waals surface area contributed by atoms with Gasteiger partial charge in [-0.1, -0.05) is 54.1 Å². The van der Waals surface area contributed by atoms with E-state index >= 15 is 0 Å². The molecule has 0 radical (unpaired) electrons. The van der Waals surface area contributed by atoms with E-state index in [1.807, 2.05) is 55.5 Å². The number of carbonyl (C=O) groups excluding carboxylic acids is 1. The van der Waals surface area contributed by atoms with E-state index in [1.54, 1.807) is 6.08 Å². The number of hydrogen-bond donors (Lipinski definition) is 0. The summed E-state index contributed by atoms with van der Waals surface area (Å²) in [4.78, 5) is 11.7. The van der Waals surface area contributed by atoms with E-state index in [0.29, 0.717) is 0 Å². The highest BCUT2D eigenvalue weighted by Gasteiger charge is 2.04. The van der Waals surface area contributed by atoms with Crippen molar-refractivity contribution in [1.29, 1.82) is 0 Å². The Bertz CT molecular complexity index is 473. The Hall–Kier alpha value is -1.89. The van der Waals surface area contributed by atoms with Crippen LogP contribution in [0.15, 0.2) is 54.1 Å². The molecule has 1 aliphatic rings. The standard InChI is InChI=1S/C15H14O/c1-12-6-8-13(9-7-12)10-11-15(16)14-4-2-3-5-14/h2,4-11H,3H2,1H3/b11-10+. The van der Waals surface area contributed by atoms with Gasteiger partial charge in [0.05, 0.1) is 0 Å². The molecule has 0 fully saturated rings. The summed E-state index contributed by atoms with van der Waals surface area (Å²) >= 11 is 0. The predicted molar refractivity (Wildman–Crippen MR) is 67.1 cm³/mol. The number of hydrogen-bond acceptors (Lipinski definition) is 1. The van der Waals surface area contributed by atoms with Gasteiger partial charge < -0.3 is 0 Å². The van der Waals surface area contributed by atoms with E-state index in [-0.39, 0.29) is 5.78 Å². The van der Waals surface area contributed by atoms with Gasteiger partial charge >= 0.3 is 0 Å². The minimum absolute atomic E-state index is 0.0781. The van der Waals surface area contributed by atoms with E-state index in [2.05, 4.69) is 0 Å². The predicted octanol–water partition coefficient (Wildman–Crippen LogP) is 3.46. The third-order valence-electron chi connectivity index (χ3n) is 2.56. The lowest BCUT2D eigenvalue weighted by atomic mass is 10.1. The lowest BCUT2D eigenvalue weighted by Gasteiger charge is -1.95. The lowest BCUT2D eigenvalue weighted by Crippen LogP contribution is -1.93. The van der Waals surface area contributed by atoms with Gasteiger partial charge in [0, 0.05) is 5.57 Å². The molecule has 0 aliphatic heterocycles. The average Bonchev–Trinajstić information content (AvgIpc) is 2.81. The number of carbonyl (C=O) groups is 1. The van der Waals surface area contributed by atoms with Crippen molar-refractivity contribution in [3.63, 3.8) is 0 Å². The molecule has 0 amide bonds. The van der Waals surface area contributed by atoms with Crippen molar-refractivity contribution >= 4 is 11.9 Å². The molecule has 1 nitrogen and oxygen atoms in total. The highest BCUT2D eigenvalue weighted by Crippen LogP contribution is 2.11. The number of aryl methyl sites for hydroxylation is 1. The summed E-state index contributed by atoms with van der Waals surface area (Å²) in [5, 5.41) is 0. The van der Waals surface area contributed by atoms with Crippen molar-refractivity contribution in [2.45, 2.75) is 13.3 Å². The van der Waals surface area contributed by atoms with Crippen molar-refractivity contribution in [1.82, 2.24) is 0 Å². The summed E-state index contributed by atoms with van der Waals surface area (Å²) in [7, 11) is 0. The Morgan fingerprint density at radius 2 is 2.00 bits per heavy atom. The van der Waals surface area contributed by atoms with Gasteiger partial charge in [0.25, 0.3) is 0 Å². The Balaban J connectivity index is 2.06. The fraction of sp³-hybridized carbons (Fsp3) is 0.133. The molecule has 2 rings (SSSR count). The number of allylic oxidation sites excluding steroid dienone is 5. The van der Waals surface area contributed by atoms with Gasteiger partial charge in [-0.2, -0.15) is 0 Å². The van der Waals surface area contributed by atoms with E-state index in [4.69, 9.17) is 0 Å². The van der Waals surface area contributed by atoms with Crippen LogP contribution in [0.1, 0.15) is 17.5 Å². The first-order valence-corrected chi connectivity index (χ1v) is 5.41. The highest BCUT2D eigenvalue weighted by molar-refractivity contribution is 6.08. The van der Waals surface area contributed by atoms with Crippen molar-refractivity contribution in [2.24, 2.45) is 0 Å². The fourth-order valence-electron chi connectivity index (χ4n) is 1.59. The van der Waals surface area contributed by atoms with E-state index < -0.39 is 0 Å². The van der Waals surface area contributed by atoms with Crippen molar-refractivity contribution in [3.8, 4) is 0 Å². The summed E-state index contributed by atoms with van der Waals surface area (Å²) in [6, 6.07) is 8.10. The van der Waals surface area contributed by atoms with Crippen molar-refractivity contribution < 1.29 is 4.79 Å². The molecule has 1 aromatic carbocycles. The van der Waals surface area contributed by atoms with Gasteiger partial charge in [0.2, 0.25) is 0 Å². The molecule has 0 heterocycles. The highest BCUT2D eigenvalue weighted by atomic mass is 16.1. The maximum absolute atomic E-state index is 11.7. The SMILES string of the molecule is Cc1ccc(/C=C/C(=O)C2=CCC=C2)cc1. The third kappa shape index (κ3) is 2.57. The summed E-state index contributed by atoms with van der Waals surface area (Å²) in [5.74, 6) is 0.0781. The molecule has 0 saturated carbocycles. The molecule has 80 valence electrons. The second-order valence-electron chi connectivity index (χ2n) is 3.91. The first-order valence-electron chi connectivity index (χ1n) is 5.41. The van der Waals surface area contributed by atoms with Crippen LogP contribution in [0.2, 0.25) is 0 Å². The van der Waals surface area contributed by atoms with Crippen LogP contribution < -0.4 is 0 Å². The van der Waals surface area contributed by atoms with Gasteiger partial charge in [0.15, 0.2) is 5.78 Å². The smallest absolute Gasteiger partial charge is 0.185 e. The van der Waals surface area contributed by atoms with E-state index in [0.717, 1.165) is 17.6 Å². The van der Waals surface area contributed by atoms with Gasteiger partial charge in [-0.3, -0.25) is 4.79 Å². The summed E-state index contributed by atoms with van der Waals surface area (Å²) in [6.07, 6.45) is 10.2. The second kappa shape index (κ2) is 4.75. The molecule has 1 heteroatoms. The molecule has 0 spiro atoms. The largest absolute Gasteiger partial charge is 0.289 e. The molecule has 0 aromatic heterocycles. The maximum atomic E-state index is 11.7. The molecule has 16 heavy (non-hydrogen) atoms. The Morgan fingerprint density at radius 3 is 2.62 bits per heavy atom. The van der Waals surface area contributed by atoms with Crippen LogP contribution in [0.3, 0.4) is 0 Å². The fourth-order valence-corrected chi connectivity index (χ4v) is 1.59. The number of ketones is 1. The first-order chi connectivity index (χ1) is 7.75. The topological polar surface area (TPSA) is 17.1 Å². The summed E-state index contributed by atoms with van der Waals surface area (Å²) in [6.45, 7) is 2.05. The van der Waals surface area contributed by atoms with E-state index in [9.17, 15) is 4.79 Å². The molecule has 0 saturated heterocycles. The van der Waals surface area contributed by atoms with Gasteiger partial charge in [-0.15, -0.1) is 0 Å². The molecular weight excluding hydrogens is 196 g/mol. The van der Waals surface area contributed by atoms with Crippen LogP contribution in [-0.2, 0) is 4.79 Å². The first kappa shape index (κ1) is 10.6. The van der Waals surface area contributed by atoms with Crippen LogP contribution in [0, 0.1) is 6.92 Å². The number of benzene rings is 1. The zero-order valence-electron chi connectivity index (χ0n) is 9.31. The lowest BCUT2D eigenvalue weighted by molar-refractivity contribution is -0.111. The van der Waals surface area contributed by atoms with Crippen LogP contribution in [0.4, 0.5) is 0 Å². The third-order valence-corrected chi connectivity index (χ3v) is 2.56. The summed E-state index contributed by atoms with van der Waals surface area (Å²) < 4.78 is 0. The molecule has 0 atom stereocenters. The van der Waals surface area contributed by atoms with Crippen LogP contribution in [0.5, 0.6) is 0 Å². The zero-order valence-corrected chi connectivity index (χ0v) is 9.31. The Kier molecular flexibility index (Phi) is 3.16. The minimum atomic E-state index is 0.0781. The minimum Gasteiger partial charge on any atom is -0.289 e. The van der Waals surface area contributed by atoms with Gasteiger partial charge in [-0.05, 0) is 25.0 Å². The normalized spacial score (nSPS) is 14.4. The van der Waals surface area contributed by atoms with E-state index in [1.165, 1.54) is 5.56 Å². The van der Waals surface area contributed by atoms with Gasteiger partial charge in [0.1, 0.15) is 0 Å². The van der Waals surface area contributed by atoms with Crippen LogP contribution >= 0.6 is 0 Å². The Labute approximate surface area is 95.8 Å². The van der Waals surface area contributed by atoms with Crippen LogP contribution in [0.25, 0.3) is 6.08 Å². The molecule has 1 aromatic rings. The van der Waals surface area contributed by atoms with Crippen molar-refractivity contribution in [2.75, 3.05) is 0 Å². The monoisotopic (exact) mass is 210 g/mol. The zero-order chi connectivity index (χ0) is 11.4. The maximum Gasteiger partial charge on any atom is 0.185 e. The molecule has 0 N–H and O–H groups in total. The Morgan fingerprint density at radius 1 is 1.25 bits per heavy atom. The molecular formula is C15H14O. The summed E-state index contributed by atoms with van der Waals surface area (Å²) in [5.41, 5.74) is 3.08.